The van der Waals surface area contributed by atoms with Crippen molar-refractivity contribution in [3.63, 3.8) is 0 Å². The molecule has 0 radical (unpaired) electrons. The summed E-state index contributed by atoms with van der Waals surface area (Å²) < 4.78 is 26.2. The standard InChI is InChI=1S/C16H19F2N3/c1-4-7-19-10(2)13-9-20-16(21-11(13)3)12-5-6-14(17)15(18)8-12/h5-6,8-10,19H,4,7H2,1-3H3. The highest BCUT2D eigenvalue weighted by atomic mass is 19.2. The molecule has 1 unspecified atom stereocenters. The van der Waals surface area contributed by atoms with E-state index in [0.717, 1.165) is 36.4 Å². The smallest absolute Gasteiger partial charge is 0.159 e. The van der Waals surface area contributed by atoms with Crippen molar-refractivity contribution in [2.24, 2.45) is 0 Å². The van der Waals surface area contributed by atoms with Crippen molar-refractivity contribution < 1.29 is 8.78 Å². The summed E-state index contributed by atoms with van der Waals surface area (Å²) in [5.74, 6) is -1.36. The van der Waals surface area contributed by atoms with Gasteiger partial charge in [0, 0.05) is 29.1 Å². The molecular formula is C16H19F2N3. The van der Waals surface area contributed by atoms with E-state index >= 15 is 0 Å². The number of aromatic nitrogens is 2. The predicted octanol–water partition coefficient (Wildman–Crippen LogP) is 3.79. The Kier molecular flexibility index (Phi) is 4.96. The number of rotatable bonds is 5. The van der Waals surface area contributed by atoms with Crippen molar-refractivity contribution in [2.75, 3.05) is 6.54 Å². The minimum atomic E-state index is -0.893. The molecule has 0 aliphatic heterocycles. The Labute approximate surface area is 123 Å². The monoisotopic (exact) mass is 291 g/mol. The van der Waals surface area contributed by atoms with Crippen LogP contribution in [-0.2, 0) is 0 Å². The van der Waals surface area contributed by atoms with Gasteiger partial charge in [0.2, 0.25) is 0 Å². The summed E-state index contributed by atoms with van der Waals surface area (Å²) in [5.41, 5.74) is 2.31. The molecule has 1 aromatic carbocycles. The zero-order valence-corrected chi connectivity index (χ0v) is 12.5. The lowest BCUT2D eigenvalue weighted by atomic mass is 10.1. The average molecular weight is 291 g/mol. The van der Waals surface area contributed by atoms with Crippen LogP contribution in [0.3, 0.4) is 0 Å². The van der Waals surface area contributed by atoms with Crippen LogP contribution in [0, 0.1) is 18.6 Å². The van der Waals surface area contributed by atoms with E-state index in [-0.39, 0.29) is 6.04 Å². The Morgan fingerprint density at radius 1 is 1.24 bits per heavy atom. The molecule has 0 spiro atoms. The highest BCUT2D eigenvalue weighted by molar-refractivity contribution is 5.55. The van der Waals surface area contributed by atoms with Gasteiger partial charge in [0.25, 0.3) is 0 Å². The van der Waals surface area contributed by atoms with Crippen LogP contribution in [0.25, 0.3) is 11.4 Å². The summed E-state index contributed by atoms with van der Waals surface area (Å²) in [6.45, 7) is 6.98. The first kappa shape index (κ1) is 15.5. The maximum atomic E-state index is 13.3. The number of benzene rings is 1. The zero-order valence-electron chi connectivity index (χ0n) is 12.5. The minimum absolute atomic E-state index is 0.156. The van der Waals surface area contributed by atoms with Crippen molar-refractivity contribution in [3.05, 3.63) is 47.3 Å². The molecule has 112 valence electrons. The number of hydrogen-bond acceptors (Lipinski definition) is 3. The number of aryl methyl sites for hydroxylation is 1. The van der Waals surface area contributed by atoms with Crippen LogP contribution >= 0.6 is 0 Å². The molecule has 3 nitrogen and oxygen atoms in total. The number of nitrogens with one attached hydrogen (secondary N) is 1. The highest BCUT2D eigenvalue weighted by Gasteiger charge is 2.12. The molecule has 0 aliphatic rings. The van der Waals surface area contributed by atoms with E-state index in [1.807, 2.05) is 6.92 Å². The maximum absolute atomic E-state index is 13.3. The van der Waals surface area contributed by atoms with Crippen molar-refractivity contribution in [1.29, 1.82) is 0 Å². The van der Waals surface area contributed by atoms with Crippen LogP contribution in [0.2, 0.25) is 0 Å². The van der Waals surface area contributed by atoms with Crippen molar-refractivity contribution in [2.45, 2.75) is 33.2 Å². The lowest BCUT2D eigenvalue weighted by Crippen LogP contribution is -2.20. The van der Waals surface area contributed by atoms with Gasteiger partial charge in [-0.2, -0.15) is 0 Å². The average Bonchev–Trinajstić information content (AvgIpc) is 2.47. The van der Waals surface area contributed by atoms with Gasteiger partial charge >= 0.3 is 0 Å². The van der Waals surface area contributed by atoms with Gasteiger partial charge in [-0.05, 0) is 45.0 Å². The van der Waals surface area contributed by atoms with Crippen molar-refractivity contribution >= 4 is 0 Å². The summed E-state index contributed by atoms with van der Waals surface area (Å²) in [6.07, 6.45) is 2.80. The Morgan fingerprint density at radius 2 is 2.00 bits per heavy atom. The Bertz CT molecular complexity index is 629. The molecule has 2 rings (SSSR count). The van der Waals surface area contributed by atoms with Gasteiger partial charge in [0.15, 0.2) is 17.5 Å². The van der Waals surface area contributed by atoms with E-state index in [2.05, 4.69) is 29.1 Å². The summed E-state index contributed by atoms with van der Waals surface area (Å²) in [6, 6.07) is 3.83. The van der Waals surface area contributed by atoms with Gasteiger partial charge in [-0.3, -0.25) is 0 Å². The minimum Gasteiger partial charge on any atom is -0.310 e. The van der Waals surface area contributed by atoms with E-state index in [0.29, 0.717) is 11.4 Å². The second-order valence-electron chi connectivity index (χ2n) is 5.04. The summed E-state index contributed by atoms with van der Waals surface area (Å²) in [7, 11) is 0. The van der Waals surface area contributed by atoms with Crippen LogP contribution in [0.4, 0.5) is 8.78 Å². The molecule has 0 amide bonds. The molecular weight excluding hydrogens is 272 g/mol. The van der Waals surface area contributed by atoms with Crippen LogP contribution in [0.15, 0.2) is 24.4 Å². The van der Waals surface area contributed by atoms with E-state index in [1.165, 1.54) is 6.07 Å². The third-order valence-electron chi connectivity index (χ3n) is 3.36. The molecule has 0 saturated carbocycles. The summed E-state index contributed by atoms with van der Waals surface area (Å²) >= 11 is 0. The van der Waals surface area contributed by atoms with Gasteiger partial charge in [-0.15, -0.1) is 0 Å². The van der Waals surface area contributed by atoms with E-state index in [4.69, 9.17) is 0 Å². The Morgan fingerprint density at radius 3 is 2.62 bits per heavy atom. The second-order valence-corrected chi connectivity index (χ2v) is 5.04. The lowest BCUT2D eigenvalue weighted by molar-refractivity contribution is 0.509. The molecule has 1 aromatic heterocycles. The van der Waals surface area contributed by atoms with Crippen LogP contribution in [-0.4, -0.2) is 16.5 Å². The molecule has 21 heavy (non-hydrogen) atoms. The van der Waals surface area contributed by atoms with Crippen molar-refractivity contribution in [3.8, 4) is 11.4 Å². The van der Waals surface area contributed by atoms with Crippen LogP contribution in [0.1, 0.15) is 37.6 Å². The first-order valence-electron chi connectivity index (χ1n) is 7.05. The van der Waals surface area contributed by atoms with Crippen molar-refractivity contribution in [1.82, 2.24) is 15.3 Å². The fourth-order valence-corrected chi connectivity index (χ4v) is 2.15. The van der Waals surface area contributed by atoms with Gasteiger partial charge in [-0.1, -0.05) is 6.92 Å². The molecule has 1 N–H and O–H groups in total. The normalized spacial score (nSPS) is 12.4. The summed E-state index contributed by atoms with van der Waals surface area (Å²) in [4.78, 5) is 8.67. The first-order valence-corrected chi connectivity index (χ1v) is 7.05. The quantitative estimate of drug-likeness (QED) is 0.910. The number of nitrogens with zero attached hydrogens (tertiary/aromatic N) is 2. The molecule has 0 saturated heterocycles. The third kappa shape index (κ3) is 3.61. The highest BCUT2D eigenvalue weighted by Crippen LogP contribution is 2.21. The van der Waals surface area contributed by atoms with Gasteiger partial charge < -0.3 is 5.32 Å². The molecule has 0 aliphatic carbocycles. The first-order chi connectivity index (χ1) is 10.0. The second kappa shape index (κ2) is 6.72. The molecule has 2 aromatic rings. The van der Waals surface area contributed by atoms with Gasteiger partial charge in [0.1, 0.15) is 0 Å². The summed E-state index contributed by atoms with van der Waals surface area (Å²) in [5, 5.41) is 3.38. The van der Waals surface area contributed by atoms with E-state index in [9.17, 15) is 8.78 Å². The molecule has 1 heterocycles. The Hall–Kier alpha value is -1.88. The lowest BCUT2D eigenvalue weighted by Gasteiger charge is -2.15. The molecule has 0 bridgehead atoms. The van der Waals surface area contributed by atoms with Crippen LogP contribution < -0.4 is 5.32 Å². The molecule has 1 atom stereocenters. The maximum Gasteiger partial charge on any atom is 0.159 e. The number of hydrogen-bond donors (Lipinski definition) is 1. The molecule has 0 fully saturated rings. The Balaban J connectivity index is 2.27. The third-order valence-corrected chi connectivity index (χ3v) is 3.36. The van der Waals surface area contributed by atoms with E-state index in [1.54, 1.807) is 6.20 Å². The van der Waals surface area contributed by atoms with Gasteiger partial charge in [-0.25, -0.2) is 18.7 Å². The van der Waals surface area contributed by atoms with Crippen LogP contribution in [0.5, 0.6) is 0 Å². The topological polar surface area (TPSA) is 37.8 Å². The molecule has 5 heteroatoms. The number of halogens is 2. The van der Waals surface area contributed by atoms with Gasteiger partial charge in [0.05, 0.1) is 0 Å². The largest absolute Gasteiger partial charge is 0.310 e. The zero-order chi connectivity index (χ0) is 15.4. The van der Waals surface area contributed by atoms with E-state index < -0.39 is 11.6 Å². The fraction of sp³-hybridized carbons (Fsp3) is 0.375. The predicted molar refractivity (Wildman–Crippen MR) is 78.8 cm³/mol. The fourth-order valence-electron chi connectivity index (χ4n) is 2.15. The SMILES string of the molecule is CCCNC(C)c1cnc(-c2ccc(F)c(F)c2)nc1C.